The van der Waals surface area contributed by atoms with Crippen molar-refractivity contribution in [2.75, 3.05) is 26.2 Å². The van der Waals surface area contributed by atoms with Gasteiger partial charge in [-0.15, -0.1) is 15.3 Å². The fourth-order valence-electron chi connectivity index (χ4n) is 6.27. The maximum Gasteiger partial charge on any atom is 0.250 e. The molecule has 1 atom stereocenters. The number of hydrogen-bond acceptors (Lipinski definition) is 7. The Kier molecular flexibility index (Phi) is 6.41. The molecule has 0 bridgehead atoms. The summed E-state index contributed by atoms with van der Waals surface area (Å²) in [5.41, 5.74) is 5.50. The number of ether oxygens (including phenoxy) is 1. The molecule has 1 unspecified atom stereocenters. The molecule has 1 fully saturated rings. The van der Waals surface area contributed by atoms with Gasteiger partial charge in [0.25, 0.3) is 5.91 Å². The molecular formula is C30H29BrN6O4. The minimum atomic E-state index is -0.490. The number of benzene rings is 1. The fraction of sp³-hybridized carbons (Fsp3) is 0.367. The number of rotatable bonds is 4. The van der Waals surface area contributed by atoms with Crippen molar-refractivity contribution >= 4 is 38.1 Å². The lowest BCUT2D eigenvalue weighted by atomic mass is 9.80. The highest BCUT2D eigenvalue weighted by Crippen LogP contribution is 2.43. The Balaban J connectivity index is 1.27. The van der Waals surface area contributed by atoms with Crippen molar-refractivity contribution in [3.05, 3.63) is 71.0 Å². The quantitative estimate of drug-likeness (QED) is 0.520. The Labute approximate surface area is 245 Å². The molecule has 0 radical (unpaired) electrons. The van der Waals surface area contributed by atoms with E-state index in [0.717, 1.165) is 35.2 Å². The molecule has 2 amide bonds. The molecule has 10 nitrogen and oxygen atoms in total. The number of carbonyl (C=O) groups is 2. The smallest absolute Gasteiger partial charge is 0.250 e. The number of nitrogens with zero attached hydrogens (tertiary/aromatic N) is 6. The number of phenols is 1. The SMILES string of the molecule is C=CC(=O)N1CCOc2nn(-c3ccc(C4CCC4)cc3O)c3c2C(C1)N(C(=O)C1=CC2=NN=C(Br)C2=CC1)CC3. The highest BCUT2D eigenvalue weighted by atomic mass is 79.9. The number of phenolic OH excluding ortho intramolecular Hbond substituents is 1. The van der Waals surface area contributed by atoms with E-state index < -0.39 is 6.04 Å². The monoisotopic (exact) mass is 616 g/mol. The molecule has 3 aliphatic heterocycles. The molecule has 1 aromatic heterocycles. The van der Waals surface area contributed by atoms with E-state index in [2.05, 4.69) is 38.8 Å². The molecule has 7 rings (SSSR count). The highest BCUT2D eigenvalue weighted by Gasteiger charge is 2.41. The van der Waals surface area contributed by atoms with Crippen LogP contribution in [0.5, 0.6) is 11.6 Å². The molecule has 0 saturated heterocycles. The lowest BCUT2D eigenvalue weighted by molar-refractivity contribution is -0.134. The van der Waals surface area contributed by atoms with Gasteiger partial charge in [-0.2, -0.15) is 0 Å². The zero-order valence-electron chi connectivity index (χ0n) is 22.4. The summed E-state index contributed by atoms with van der Waals surface area (Å²) in [5.74, 6) is 0.739. The number of hydrogen-bond donors (Lipinski definition) is 1. The third-order valence-corrected chi connectivity index (χ3v) is 9.27. The second-order valence-electron chi connectivity index (χ2n) is 10.9. The topological polar surface area (TPSA) is 113 Å². The number of aromatic hydroxyl groups is 1. The van der Waals surface area contributed by atoms with E-state index in [-0.39, 0.29) is 30.7 Å². The van der Waals surface area contributed by atoms with E-state index in [0.29, 0.717) is 59.3 Å². The summed E-state index contributed by atoms with van der Waals surface area (Å²) in [6.45, 7) is 4.95. The standard InChI is InChI=1S/C30H29BrN6O4/c1-2-26(39)35-12-13-41-29-27-23(37(34-29)22-9-7-18(15-25(22)38)17-4-3-5-17)10-11-36(24(27)16-35)30(40)19-6-8-20-21(14-19)32-33-28(20)31/h2,7-9,14-15,17,24,38H,1,3-6,10-13,16H2. The minimum Gasteiger partial charge on any atom is -0.506 e. The van der Waals surface area contributed by atoms with E-state index in [1.165, 1.54) is 12.5 Å². The second-order valence-corrected chi connectivity index (χ2v) is 11.7. The summed E-state index contributed by atoms with van der Waals surface area (Å²) in [6, 6.07) is 5.34. The van der Waals surface area contributed by atoms with Crippen molar-refractivity contribution in [2.24, 2.45) is 10.2 Å². The fourth-order valence-corrected chi connectivity index (χ4v) is 6.71. The summed E-state index contributed by atoms with van der Waals surface area (Å²) in [6.07, 6.45) is 9.50. The van der Waals surface area contributed by atoms with Crippen LogP contribution in [-0.2, 0) is 16.0 Å². The van der Waals surface area contributed by atoms with Crippen LogP contribution in [0.25, 0.3) is 5.69 Å². The Morgan fingerprint density at radius 1 is 1.20 bits per heavy atom. The van der Waals surface area contributed by atoms with Crippen LogP contribution in [0.3, 0.4) is 0 Å². The number of carbonyl (C=O) groups excluding carboxylic acids is 2. The van der Waals surface area contributed by atoms with Gasteiger partial charge >= 0.3 is 0 Å². The van der Waals surface area contributed by atoms with Gasteiger partial charge in [-0.1, -0.05) is 25.1 Å². The highest BCUT2D eigenvalue weighted by molar-refractivity contribution is 9.18. The van der Waals surface area contributed by atoms with Crippen LogP contribution in [0.1, 0.15) is 54.5 Å². The summed E-state index contributed by atoms with van der Waals surface area (Å²) in [5, 5.41) is 24.1. The first-order chi connectivity index (χ1) is 19.9. The first-order valence-electron chi connectivity index (χ1n) is 14.0. The Bertz CT molecular complexity index is 1610. The predicted molar refractivity (Wildman–Crippen MR) is 157 cm³/mol. The average molecular weight is 618 g/mol. The van der Waals surface area contributed by atoms with Crippen LogP contribution < -0.4 is 4.74 Å². The van der Waals surface area contributed by atoms with Gasteiger partial charge in [0.2, 0.25) is 11.8 Å². The Morgan fingerprint density at radius 3 is 2.80 bits per heavy atom. The third kappa shape index (κ3) is 4.34. The molecule has 41 heavy (non-hydrogen) atoms. The van der Waals surface area contributed by atoms with Gasteiger partial charge in [-0.25, -0.2) is 4.68 Å². The van der Waals surface area contributed by atoms with Crippen molar-refractivity contribution in [1.29, 1.82) is 0 Å². The van der Waals surface area contributed by atoms with E-state index in [1.807, 2.05) is 23.1 Å². The van der Waals surface area contributed by atoms with Crippen LogP contribution in [0, 0.1) is 0 Å². The molecular weight excluding hydrogens is 588 g/mol. The van der Waals surface area contributed by atoms with Crippen molar-refractivity contribution in [2.45, 2.75) is 44.1 Å². The van der Waals surface area contributed by atoms with Gasteiger partial charge in [0.15, 0.2) is 0 Å². The van der Waals surface area contributed by atoms with Gasteiger partial charge in [-0.05, 0) is 71.0 Å². The third-order valence-electron chi connectivity index (χ3n) is 8.69. The molecule has 2 aromatic rings. The molecule has 210 valence electrons. The largest absolute Gasteiger partial charge is 0.506 e. The van der Waals surface area contributed by atoms with E-state index in [4.69, 9.17) is 9.84 Å². The number of fused-ring (bicyclic) bond motifs is 1. The summed E-state index contributed by atoms with van der Waals surface area (Å²) < 4.78 is 8.54. The Morgan fingerprint density at radius 2 is 2.05 bits per heavy atom. The van der Waals surface area contributed by atoms with Crippen LogP contribution in [0.15, 0.2) is 64.4 Å². The number of aromatic nitrogens is 2. The van der Waals surface area contributed by atoms with Gasteiger partial charge < -0.3 is 19.6 Å². The first kappa shape index (κ1) is 25.9. The summed E-state index contributed by atoms with van der Waals surface area (Å²) in [7, 11) is 0. The van der Waals surface area contributed by atoms with Crippen LogP contribution in [0.2, 0.25) is 0 Å². The van der Waals surface area contributed by atoms with Crippen molar-refractivity contribution in [3.63, 3.8) is 0 Å². The lowest BCUT2D eigenvalue weighted by Gasteiger charge is -2.40. The predicted octanol–water partition coefficient (Wildman–Crippen LogP) is 4.10. The average Bonchev–Trinajstić information content (AvgIpc) is 3.49. The molecule has 4 heterocycles. The van der Waals surface area contributed by atoms with Gasteiger partial charge in [0.1, 0.15) is 22.7 Å². The molecule has 5 aliphatic rings. The molecule has 1 N–H and O–H groups in total. The normalized spacial score (nSPS) is 21.6. The first-order valence-corrected chi connectivity index (χ1v) is 14.7. The Hall–Kier alpha value is -3.99. The van der Waals surface area contributed by atoms with Crippen molar-refractivity contribution < 1.29 is 19.4 Å². The minimum absolute atomic E-state index is 0.125. The van der Waals surface area contributed by atoms with Gasteiger partial charge in [0.05, 0.1) is 29.6 Å². The lowest BCUT2D eigenvalue weighted by Crippen LogP contribution is -2.48. The number of amides is 2. The zero-order chi connectivity index (χ0) is 28.2. The van der Waals surface area contributed by atoms with Crippen LogP contribution >= 0.6 is 15.9 Å². The van der Waals surface area contributed by atoms with E-state index >= 15 is 0 Å². The molecule has 0 spiro atoms. The van der Waals surface area contributed by atoms with Crippen LogP contribution in [0.4, 0.5) is 0 Å². The molecule has 1 saturated carbocycles. The van der Waals surface area contributed by atoms with Crippen molar-refractivity contribution in [3.8, 4) is 17.3 Å². The molecule has 1 aromatic carbocycles. The van der Waals surface area contributed by atoms with E-state index in [1.54, 1.807) is 15.7 Å². The zero-order valence-corrected chi connectivity index (χ0v) is 24.0. The van der Waals surface area contributed by atoms with Crippen molar-refractivity contribution in [1.82, 2.24) is 19.6 Å². The summed E-state index contributed by atoms with van der Waals surface area (Å²) in [4.78, 5) is 30.3. The maximum absolute atomic E-state index is 14.0. The maximum atomic E-state index is 14.0. The number of halogens is 1. The summed E-state index contributed by atoms with van der Waals surface area (Å²) >= 11 is 3.41. The number of allylic oxidation sites excluding steroid dienone is 3. The second kappa shape index (κ2) is 10.1. The van der Waals surface area contributed by atoms with Gasteiger partial charge in [0, 0.05) is 30.7 Å². The van der Waals surface area contributed by atoms with Gasteiger partial charge in [-0.3, -0.25) is 9.59 Å². The van der Waals surface area contributed by atoms with E-state index in [9.17, 15) is 14.7 Å². The van der Waals surface area contributed by atoms with Crippen LogP contribution in [-0.4, -0.2) is 73.1 Å². The molecule has 2 aliphatic carbocycles. The molecule has 11 heteroatoms.